The Bertz CT molecular complexity index is 896. The molecule has 0 saturated carbocycles. The molecule has 0 fully saturated rings. The molecule has 128 valence electrons. The highest BCUT2D eigenvalue weighted by atomic mass is 16.1. The van der Waals surface area contributed by atoms with Crippen LogP contribution < -0.4 is 5.32 Å². The van der Waals surface area contributed by atoms with Crippen LogP contribution in [-0.2, 0) is 13.0 Å². The van der Waals surface area contributed by atoms with E-state index in [-0.39, 0.29) is 5.91 Å². The Labute approximate surface area is 146 Å². The molecule has 0 atom stereocenters. The van der Waals surface area contributed by atoms with Gasteiger partial charge < -0.3 is 9.88 Å². The van der Waals surface area contributed by atoms with Crippen molar-refractivity contribution < 1.29 is 4.79 Å². The van der Waals surface area contributed by atoms with Gasteiger partial charge in [0.15, 0.2) is 5.69 Å². The Morgan fingerprint density at radius 1 is 1.16 bits per heavy atom. The van der Waals surface area contributed by atoms with Gasteiger partial charge in [-0.2, -0.15) is 5.10 Å². The molecule has 1 aliphatic rings. The smallest absolute Gasteiger partial charge is 0.276 e. The summed E-state index contributed by atoms with van der Waals surface area (Å²) in [5.41, 5.74) is 5.55. The molecule has 6 heteroatoms. The second-order valence-corrected chi connectivity index (χ2v) is 6.49. The molecule has 1 amide bonds. The van der Waals surface area contributed by atoms with Gasteiger partial charge in [0.05, 0.1) is 12.0 Å². The van der Waals surface area contributed by atoms with Crippen LogP contribution in [0.25, 0.3) is 5.69 Å². The number of carbonyl (C=O) groups is 1. The first-order valence-electron chi connectivity index (χ1n) is 8.61. The lowest BCUT2D eigenvalue weighted by Gasteiger charge is -2.11. The summed E-state index contributed by atoms with van der Waals surface area (Å²) in [4.78, 5) is 16.8. The zero-order valence-corrected chi connectivity index (χ0v) is 14.5. The molecule has 1 aromatic carbocycles. The van der Waals surface area contributed by atoms with Gasteiger partial charge in [-0.3, -0.25) is 9.48 Å². The number of nitrogens with one attached hydrogen (secondary N) is 1. The summed E-state index contributed by atoms with van der Waals surface area (Å²) in [6, 6.07) is 9.65. The van der Waals surface area contributed by atoms with Crippen LogP contribution in [0.2, 0.25) is 0 Å². The lowest BCUT2D eigenvalue weighted by Crippen LogP contribution is -2.14. The van der Waals surface area contributed by atoms with Crippen LogP contribution in [0.4, 0.5) is 5.69 Å². The molecule has 0 aliphatic carbocycles. The zero-order chi connectivity index (χ0) is 17.4. The number of hydrogen-bond donors (Lipinski definition) is 1. The summed E-state index contributed by atoms with van der Waals surface area (Å²) in [7, 11) is 0. The molecule has 6 nitrogen and oxygen atoms in total. The fourth-order valence-corrected chi connectivity index (χ4v) is 3.19. The van der Waals surface area contributed by atoms with Gasteiger partial charge >= 0.3 is 0 Å². The maximum atomic E-state index is 12.4. The van der Waals surface area contributed by atoms with E-state index in [1.54, 1.807) is 0 Å². The van der Waals surface area contributed by atoms with E-state index in [2.05, 4.69) is 15.4 Å². The molecule has 0 spiro atoms. The van der Waals surface area contributed by atoms with Gasteiger partial charge in [-0.1, -0.05) is 0 Å². The normalized spacial score (nSPS) is 13.5. The van der Waals surface area contributed by atoms with E-state index in [9.17, 15) is 4.79 Å². The van der Waals surface area contributed by atoms with Crippen LogP contribution in [0.3, 0.4) is 0 Å². The number of carbonyl (C=O) groups excluding carboxylic acids is 1. The molecule has 0 bridgehead atoms. The SMILES string of the molecule is Cc1ncn(-c2ccc(NC(=O)c3cc4n(n3)CCCC4)cc2)c1C. The number of aryl methyl sites for hydroxylation is 3. The van der Waals surface area contributed by atoms with Crippen molar-refractivity contribution in [2.45, 2.75) is 39.7 Å². The Morgan fingerprint density at radius 2 is 1.96 bits per heavy atom. The standard InChI is InChI=1S/C19H21N5O/c1-13-14(2)23(12-20-13)16-8-6-15(7-9-16)21-19(25)18-11-17-5-3-4-10-24(17)22-18/h6-9,11-12H,3-5,10H2,1-2H3,(H,21,25). The first kappa shape index (κ1) is 15.6. The van der Waals surface area contributed by atoms with Crippen LogP contribution in [0.5, 0.6) is 0 Å². The Kier molecular flexibility index (Phi) is 3.87. The predicted octanol–water partition coefficient (Wildman–Crippen LogP) is 3.27. The van der Waals surface area contributed by atoms with Gasteiger partial charge in [0.2, 0.25) is 0 Å². The topological polar surface area (TPSA) is 64.7 Å². The molecular formula is C19H21N5O. The van der Waals surface area contributed by atoms with Crippen molar-refractivity contribution in [1.29, 1.82) is 0 Å². The highest BCUT2D eigenvalue weighted by Crippen LogP contribution is 2.19. The lowest BCUT2D eigenvalue weighted by atomic mass is 10.1. The van der Waals surface area contributed by atoms with E-state index in [1.165, 1.54) is 6.42 Å². The van der Waals surface area contributed by atoms with Gasteiger partial charge in [-0.15, -0.1) is 0 Å². The summed E-state index contributed by atoms with van der Waals surface area (Å²) in [6.45, 7) is 4.93. The van der Waals surface area contributed by atoms with E-state index >= 15 is 0 Å². The quantitative estimate of drug-likeness (QED) is 0.799. The summed E-state index contributed by atoms with van der Waals surface area (Å²) in [6.07, 6.45) is 5.11. The van der Waals surface area contributed by atoms with Crippen molar-refractivity contribution in [2.24, 2.45) is 0 Å². The number of anilines is 1. The molecule has 4 rings (SSSR count). The number of aromatic nitrogens is 4. The van der Waals surface area contributed by atoms with Crippen molar-refractivity contribution in [3.05, 3.63) is 59.4 Å². The summed E-state index contributed by atoms with van der Waals surface area (Å²) in [5, 5.41) is 7.34. The molecule has 3 heterocycles. The molecule has 1 aliphatic heterocycles. The van der Waals surface area contributed by atoms with Crippen LogP contribution in [0.15, 0.2) is 36.7 Å². The highest BCUT2D eigenvalue weighted by molar-refractivity contribution is 6.02. The Morgan fingerprint density at radius 3 is 2.64 bits per heavy atom. The molecule has 25 heavy (non-hydrogen) atoms. The fraction of sp³-hybridized carbons (Fsp3) is 0.316. The van der Waals surface area contributed by atoms with E-state index in [4.69, 9.17) is 0 Å². The summed E-state index contributed by atoms with van der Waals surface area (Å²) >= 11 is 0. The van der Waals surface area contributed by atoms with Crippen LogP contribution in [0, 0.1) is 13.8 Å². The van der Waals surface area contributed by atoms with Gasteiger partial charge in [0.1, 0.15) is 0 Å². The van der Waals surface area contributed by atoms with E-state index < -0.39 is 0 Å². The minimum Gasteiger partial charge on any atom is -0.321 e. The summed E-state index contributed by atoms with van der Waals surface area (Å²) in [5.74, 6) is -0.163. The number of hydrogen-bond acceptors (Lipinski definition) is 3. The highest BCUT2D eigenvalue weighted by Gasteiger charge is 2.16. The molecule has 1 N–H and O–H groups in total. The zero-order valence-electron chi connectivity index (χ0n) is 14.5. The maximum Gasteiger partial charge on any atom is 0.276 e. The number of benzene rings is 1. The van der Waals surface area contributed by atoms with Gasteiger partial charge in [0.25, 0.3) is 5.91 Å². The van der Waals surface area contributed by atoms with Crippen LogP contribution in [0.1, 0.15) is 40.4 Å². The van der Waals surface area contributed by atoms with Crippen molar-refractivity contribution in [2.75, 3.05) is 5.32 Å². The van der Waals surface area contributed by atoms with Crippen molar-refractivity contribution in [1.82, 2.24) is 19.3 Å². The number of amides is 1. The molecule has 0 unspecified atom stereocenters. The van der Waals surface area contributed by atoms with E-state index in [1.807, 2.05) is 59.8 Å². The van der Waals surface area contributed by atoms with Gasteiger partial charge in [0, 0.05) is 29.3 Å². The van der Waals surface area contributed by atoms with Gasteiger partial charge in [-0.05, 0) is 63.4 Å². The average molecular weight is 335 g/mol. The number of fused-ring (bicyclic) bond motifs is 1. The van der Waals surface area contributed by atoms with Crippen LogP contribution >= 0.6 is 0 Å². The largest absolute Gasteiger partial charge is 0.321 e. The monoisotopic (exact) mass is 335 g/mol. The second-order valence-electron chi connectivity index (χ2n) is 6.49. The fourth-order valence-electron chi connectivity index (χ4n) is 3.19. The molecule has 2 aromatic heterocycles. The molecule has 0 saturated heterocycles. The number of nitrogens with zero attached hydrogens (tertiary/aromatic N) is 4. The third kappa shape index (κ3) is 2.95. The third-order valence-electron chi connectivity index (χ3n) is 4.80. The predicted molar refractivity (Wildman–Crippen MR) is 96.2 cm³/mol. The van der Waals surface area contributed by atoms with E-state index in [0.717, 1.165) is 47.8 Å². The first-order chi connectivity index (χ1) is 12.1. The van der Waals surface area contributed by atoms with Crippen molar-refractivity contribution >= 4 is 11.6 Å². The molecule has 3 aromatic rings. The second kappa shape index (κ2) is 6.20. The van der Waals surface area contributed by atoms with E-state index in [0.29, 0.717) is 5.69 Å². The Balaban J connectivity index is 1.50. The average Bonchev–Trinajstić information content (AvgIpc) is 3.20. The first-order valence-corrected chi connectivity index (χ1v) is 8.61. The number of imidazole rings is 1. The Hall–Kier alpha value is -2.89. The minimum absolute atomic E-state index is 0.163. The minimum atomic E-state index is -0.163. The molecular weight excluding hydrogens is 314 g/mol. The van der Waals surface area contributed by atoms with Crippen LogP contribution in [-0.4, -0.2) is 25.2 Å². The van der Waals surface area contributed by atoms with Crippen molar-refractivity contribution in [3.63, 3.8) is 0 Å². The number of rotatable bonds is 3. The van der Waals surface area contributed by atoms with Gasteiger partial charge in [-0.25, -0.2) is 4.98 Å². The maximum absolute atomic E-state index is 12.4. The summed E-state index contributed by atoms with van der Waals surface area (Å²) < 4.78 is 3.98. The molecule has 0 radical (unpaired) electrons. The van der Waals surface area contributed by atoms with Crippen molar-refractivity contribution in [3.8, 4) is 5.69 Å². The third-order valence-corrected chi connectivity index (χ3v) is 4.80. The lowest BCUT2D eigenvalue weighted by molar-refractivity contribution is 0.102.